The third-order valence-electron chi connectivity index (χ3n) is 2.42. The van der Waals surface area contributed by atoms with Gasteiger partial charge in [-0.15, -0.1) is 0 Å². The molecule has 0 aliphatic carbocycles. The minimum Gasteiger partial charge on any atom is -0.456 e. The smallest absolute Gasteiger partial charge is 0.140 e. The number of rotatable bonds is 3. The maximum atomic E-state index is 5.95. The minimum absolute atomic E-state index is 0.799. The Bertz CT molecular complexity index is 525. The molecule has 0 aliphatic heterocycles. The highest BCUT2D eigenvalue weighted by atomic mass is 127. The SMILES string of the molecule is Cc1ccc(Oc2ccccc2I)c(CBr)c1. The van der Waals surface area contributed by atoms with Gasteiger partial charge in [-0.05, 0) is 47.7 Å². The number of aryl methyl sites for hydroxylation is 1. The van der Waals surface area contributed by atoms with Crippen LogP contribution in [-0.2, 0) is 5.33 Å². The number of hydrogen-bond donors (Lipinski definition) is 0. The zero-order chi connectivity index (χ0) is 12.3. The molecule has 0 saturated carbocycles. The molecule has 17 heavy (non-hydrogen) atoms. The quantitative estimate of drug-likeness (QED) is 0.500. The molecule has 2 aromatic carbocycles. The predicted octanol–water partition coefficient (Wildman–Crippen LogP) is 5.29. The molecule has 0 bridgehead atoms. The molecule has 0 radical (unpaired) electrons. The summed E-state index contributed by atoms with van der Waals surface area (Å²) >= 11 is 5.77. The van der Waals surface area contributed by atoms with Crippen molar-refractivity contribution < 1.29 is 4.74 Å². The van der Waals surface area contributed by atoms with Crippen LogP contribution in [0.3, 0.4) is 0 Å². The van der Waals surface area contributed by atoms with Gasteiger partial charge in [0.05, 0.1) is 3.57 Å². The number of para-hydroxylation sites is 1. The topological polar surface area (TPSA) is 9.23 Å². The minimum atomic E-state index is 0.799. The van der Waals surface area contributed by atoms with Gasteiger partial charge in [-0.3, -0.25) is 0 Å². The normalized spacial score (nSPS) is 10.3. The molecule has 0 N–H and O–H groups in total. The lowest BCUT2D eigenvalue weighted by atomic mass is 10.1. The van der Waals surface area contributed by atoms with Crippen molar-refractivity contribution in [1.29, 1.82) is 0 Å². The fourth-order valence-electron chi connectivity index (χ4n) is 1.56. The van der Waals surface area contributed by atoms with Crippen molar-refractivity contribution in [3.63, 3.8) is 0 Å². The summed E-state index contributed by atoms with van der Waals surface area (Å²) in [7, 11) is 0. The maximum Gasteiger partial charge on any atom is 0.140 e. The number of alkyl halides is 1. The predicted molar refractivity (Wildman–Crippen MR) is 83.0 cm³/mol. The average Bonchev–Trinajstić information content (AvgIpc) is 2.34. The van der Waals surface area contributed by atoms with Gasteiger partial charge < -0.3 is 4.74 Å². The second kappa shape index (κ2) is 5.87. The molecular formula is C14H12BrIO. The molecule has 0 heterocycles. The molecule has 0 fully saturated rings. The van der Waals surface area contributed by atoms with E-state index in [9.17, 15) is 0 Å². The van der Waals surface area contributed by atoms with E-state index in [1.54, 1.807) is 0 Å². The lowest BCUT2D eigenvalue weighted by molar-refractivity contribution is 0.475. The van der Waals surface area contributed by atoms with Crippen LogP contribution in [0.25, 0.3) is 0 Å². The van der Waals surface area contributed by atoms with Crippen molar-refractivity contribution >= 4 is 38.5 Å². The molecule has 0 unspecified atom stereocenters. The standard InChI is InChI=1S/C14H12BrIO/c1-10-6-7-13(11(8-10)9-15)17-14-5-3-2-4-12(14)16/h2-8H,9H2,1H3. The average molecular weight is 403 g/mol. The lowest BCUT2D eigenvalue weighted by Gasteiger charge is -2.11. The fourth-order valence-corrected chi connectivity index (χ4v) is 2.49. The monoisotopic (exact) mass is 402 g/mol. The van der Waals surface area contributed by atoms with E-state index in [-0.39, 0.29) is 0 Å². The Kier molecular flexibility index (Phi) is 4.45. The Balaban J connectivity index is 2.33. The van der Waals surface area contributed by atoms with E-state index in [1.807, 2.05) is 30.3 Å². The van der Waals surface area contributed by atoms with Gasteiger partial charge in [0.25, 0.3) is 0 Å². The van der Waals surface area contributed by atoms with Crippen molar-refractivity contribution in [3.8, 4) is 11.5 Å². The van der Waals surface area contributed by atoms with Crippen molar-refractivity contribution in [2.45, 2.75) is 12.3 Å². The van der Waals surface area contributed by atoms with Gasteiger partial charge >= 0.3 is 0 Å². The molecule has 0 aliphatic rings. The van der Waals surface area contributed by atoms with Gasteiger partial charge in [-0.25, -0.2) is 0 Å². The first kappa shape index (κ1) is 12.9. The zero-order valence-corrected chi connectivity index (χ0v) is 13.2. The van der Waals surface area contributed by atoms with Gasteiger partial charge in [0.2, 0.25) is 0 Å². The maximum absolute atomic E-state index is 5.95. The Morgan fingerprint density at radius 1 is 1.12 bits per heavy atom. The van der Waals surface area contributed by atoms with Gasteiger partial charge in [0, 0.05) is 10.9 Å². The highest BCUT2D eigenvalue weighted by Gasteiger charge is 2.06. The molecule has 0 amide bonds. The van der Waals surface area contributed by atoms with Crippen molar-refractivity contribution in [2.24, 2.45) is 0 Å². The largest absolute Gasteiger partial charge is 0.456 e. The van der Waals surface area contributed by atoms with Gasteiger partial charge in [-0.1, -0.05) is 45.8 Å². The third-order valence-corrected chi connectivity index (χ3v) is 3.91. The molecule has 0 spiro atoms. The molecular weight excluding hydrogens is 391 g/mol. The van der Waals surface area contributed by atoms with Crippen molar-refractivity contribution in [1.82, 2.24) is 0 Å². The highest BCUT2D eigenvalue weighted by molar-refractivity contribution is 14.1. The first-order valence-electron chi connectivity index (χ1n) is 5.28. The Hall–Kier alpha value is -0.550. The van der Waals surface area contributed by atoms with Crippen LogP contribution in [0.4, 0.5) is 0 Å². The first-order chi connectivity index (χ1) is 8.20. The summed E-state index contributed by atoms with van der Waals surface area (Å²) in [6.07, 6.45) is 0. The fraction of sp³-hybridized carbons (Fsp3) is 0.143. The van der Waals surface area contributed by atoms with Crippen LogP contribution in [-0.4, -0.2) is 0 Å². The van der Waals surface area contributed by atoms with Crippen LogP contribution in [0.15, 0.2) is 42.5 Å². The van der Waals surface area contributed by atoms with Crippen LogP contribution in [0.1, 0.15) is 11.1 Å². The molecule has 3 heteroatoms. The summed E-state index contributed by atoms with van der Waals surface area (Å²) in [6, 6.07) is 14.2. The van der Waals surface area contributed by atoms with E-state index >= 15 is 0 Å². The zero-order valence-electron chi connectivity index (χ0n) is 9.41. The molecule has 1 nitrogen and oxygen atoms in total. The number of halogens is 2. The molecule has 0 atom stereocenters. The van der Waals surface area contributed by atoms with E-state index in [0.717, 1.165) is 20.4 Å². The van der Waals surface area contributed by atoms with E-state index in [0.29, 0.717) is 0 Å². The van der Waals surface area contributed by atoms with Crippen LogP contribution < -0.4 is 4.74 Å². The number of benzene rings is 2. The summed E-state index contributed by atoms with van der Waals surface area (Å²) in [5, 5.41) is 0.799. The first-order valence-corrected chi connectivity index (χ1v) is 7.48. The Labute approximate surface area is 123 Å². The number of ether oxygens (including phenoxy) is 1. The molecule has 2 aromatic rings. The van der Waals surface area contributed by atoms with Crippen molar-refractivity contribution in [3.05, 3.63) is 57.2 Å². The van der Waals surface area contributed by atoms with Gasteiger partial charge in [0.15, 0.2) is 0 Å². The van der Waals surface area contributed by atoms with Crippen LogP contribution in [0.5, 0.6) is 11.5 Å². The summed E-state index contributed by atoms with van der Waals surface area (Å²) in [4.78, 5) is 0. The third kappa shape index (κ3) is 3.22. The Morgan fingerprint density at radius 2 is 1.88 bits per heavy atom. The van der Waals surface area contributed by atoms with Crippen LogP contribution in [0, 0.1) is 10.5 Å². The Morgan fingerprint density at radius 3 is 2.59 bits per heavy atom. The van der Waals surface area contributed by atoms with Crippen LogP contribution >= 0.6 is 38.5 Å². The van der Waals surface area contributed by atoms with Crippen LogP contribution in [0.2, 0.25) is 0 Å². The van der Waals surface area contributed by atoms with Gasteiger partial charge in [0.1, 0.15) is 11.5 Å². The summed E-state index contributed by atoms with van der Waals surface area (Å²) < 4.78 is 7.07. The lowest BCUT2D eigenvalue weighted by Crippen LogP contribution is -1.92. The van der Waals surface area contributed by atoms with Crippen molar-refractivity contribution in [2.75, 3.05) is 0 Å². The summed E-state index contributed by atoms with van der Waals surface area (Å²) in [5.41, 5.74) is 2.42. The molecule has 0 saturated heterocycles. The molecule has 2 rings (SSSR count). The second-order valence-electron chi connectivity index (χ2n) is 3.78. The summed E-state index contributed by atoms with van der Waals surface area (Å²) in [5.74, 6) is 1.82. The van der Waals surface area contributed by atoms with E-state index in [1.165, 1.54) is 11.1 Å². The van der Waals surface area contributed by atoms with E-state index in [4.69, 9.17) is 4.74 Å². The molecule has 88 valence electrons. The summed E-state index contributed by atoms with van der Waals surface area (Å²) in [6.45, 7) is 2.09. The molecule has 0 aromatic heterocycles. The second-order valence-corrected chi connectivity index (χ2v) is 5.50. The number of hydrogen-bond acceptors (Lipinski definition) is 1. The van der Waals surface area contributed by atoms with Gasteiger partial charge in [-0.2, -0.15) is 0 Å². The van der Waals surface area contributed by atoms with E-state index in [2.05, 4.69) is 57.6 Å². The van der Waals surface area contributed by atoms with E-state index < -0.39 is 0 Å². The highest BCUT2D eigenvalue weighted by Crippen LogP contribution is 2.30.